The summed E-state index contributed by atoms with van der Waals surface area (Å²) in [6, 6.07) is 21.5. The van der Waals surface area contributed by atoms with Crippen LogP contribution in [-0.4, -0.2) is 38.5 Å². The first kappa shape index (κ1) is 14.5. The SMILES string of the molecule is c1ccc(SCC[NH+]2CCN(c3ccccc3)CC2)cc1. The molecular weight excluding hydrogens is 276 g/mol. The molecule has 1 aliphatic rings. The van der Waals surface area contributed by atoms with Crippen LogP contribution in [0.3, 0.4) is 0 Å². The van der Waals surface area contributed by atoms with Gasteiger partial charge < -0.3 is 9.80 Å². The highest BCUT2D eigenvalue weighted by atomic mass is 32.2. The van der Waals surface area contributed by atoms with Crippen molar-refractivity contribution in [2.24, 2.45) is 0 Å². The number of hydrogen-bond donors (Lipinski definition) is 1. The van der Waals surface area contributed by atoms with Crippen LogP contribution in [0.1, 0.15) is 0 Å². The van der Waals surface area contributed by atoms with Crippen LogP contribution in [0, 0.1) is 0 Å². The summed E-state index contributed by atoms with van der Waals surface area (Å²) < 4.78 is 0. The lowest BCUT2D eigenvalue weighted by molar-refractivity contribution is -0.898. The summed E-state index contributed by atoms with van der Waals surface area (Å²) in [5.74, 6) is 1.21. The van der Waals surface area contributed by atoms with Gasteiger partial charge in [0.1, 0.15) is 0 Å². The van der Waals surface area contributed by atoms with E-state index < -0.39 is 0 Å². The quantitative estimate of drug-likeness (QED) is 0.847. The minimum absolute atomic E-state index is 1.18. The second kappa shape index (κ2) is 7.53. The van der Waals surface area contributed by atoms with Crippen molar-refractivity contribution >= 4 is 17.4 Å². The second-order valence-corrected chi connectivity index (χ2v) is 6.65. The molecule has 0 bridgehead atoms. The van der Waals surface area contributed by atoms with Gasteiger partial charge in [0.15, 0.2) is 0 Å². The Kier molecular flexibility index (Phi) is 5.19. The molecule has 0 atom stereocenters. The number of thioether (sulfide) groups is 1. The second-order valence-electron chi connectivity index (χ2n) is 5.48. The van der Waals surface area contributed by atoms with E-state index in [4.69, 9.17) is 0 Å². The third kappa shape index (κ3) is 4.26. The summed E-state index contributed by atoms with van der Waals surface area (Å²) in [7, 11) is 0. The van der Waals surface area contributed by atoms with E-state index in [0.717, 1.165) is 0 Å². The Morgan fingerprint density at radius 1 is 0.857 bits per heavy atom. The van der Waals surface area contributed by atoms with Gasteiger partial charge in [-0.2, -0.15) is 0 Å². The average Bonchev–Trinajstić information content (AvgIpc) is 2.57. The summed E-state index contributed by atoms with van der Waals surface area (Å²) in [6.07, 6.45) is 0. The van der Waals surface area contributed by atoms with Gasteiger partial charge in [0.2, 0.25) is 0 Å². The summed E-state index contributed by atoms with van der Waals surface area (Å²) in [5, 5.41) is 0. The van der Waals surface area contributed by atoms with Gasteiger partial charge in [-0.25, -0.2) is 0 Å². The first-order valence-electron chi connectivity index (χ1n) is 7.73. The molecule has 3 heteroatoms. The van der Waals surface area contributed by atoms with Crippen LogP contribution in [-0.2, 0) is 0 Å². The highest BCUT2D eigenvalue weighted by Gasteiger charge is 2.19. The van der Waals surface area contributed by atoms with Crippen molar-refractivity contribution in [1.29, 1.82) is 0 Å². The molecule has 2 aromatic carbocycles. The van der Waals surface area contributed by atoms with Crippen LogP contribution in [0.15, 0.2) is 65.6 Å². The molecule has 0 spiro atoms. The van der Waals surface area contributed by atoms with E-state index >= 15 is 0 Å². The molecule has 21 heavy (non-hydrogen) atoms. The Bertz CT molecular complexity index is 519. The molecule has 0 aromatic heterocycles. The van der Waals surface area contributed by atoms with Crippen LogP contribution in [0.25, 0.3) is 0 Å². The van der Waals surface area contributed by atoms with Gasteiger partial charge in [0, 0.05) is 16.3 Å². The van der Waals surface area contributed by atoms with Gasteiger partial charge >= 0.3 is 0 Å². The number of anilines is 1. The van der Waals surface area contributed by atoms with Crippen molar-refractivity contribution in [2.45, 2.75) is 4.90 Å². The number of para-hydroxylation sites is 1. The largest absolute Gasteiger partial charge is 0.360 e. The van der Waals surface area contributed by atoms with E-state index in [1.54, 1.807) is 4.90 Å². The van der Waals surface area contributed by atoms with Gasteiger partial charge in [-0.15, -0.1) is 11.8 Å². The molecule has 0 amide bonds. The molecule has 0 aliphatic carbocycles. The maximum atomic E-state index is 2.51. The standard InChI is InChI=1S/C18H22N2S/c1-3-7-17(8-4-1)20-13-11-19(12-14-20)15-16-21-18-9-5-2-6-10-18/h1-10H,11-16H2/p+1. The van der Waals surface area contributed by atoms with Gasteiger partial charge in [-0.1, -0.05) is 36.4 Å². The molecule has 1 heterocycles. The molecule has 0 radical (unpaired) electrons. The van der Waals surface area contributed by atoms with E-state index in [1.807, 2.05) is 11.8 Å². The molecule has 1 saturated heterocycles. The lowest BCUT2D eigenvalue weighted by Gasteiger charge is -2.33. The van der Waals surface area contributed by atoms with Crippen LogP contribution in [0.5, 0.6) is 0 Å². The van der Waals surface area contributed by atoms with E-state index in [2.05, 4.69) is 65.6 Å². The number of nitrogens with one attached hydrogen (secondary N) is 1. The number of piperazine rings is 1. The van der Waals surface area contributed by atoms with Gasteiger partial charge in [-0.3, -0.25) is 0 Å². The van der Waals surface area contributed by atoms with Crippen molar-refractivity contribution < 1.29 is 4.90 Å². The third-order valence-electron chi connectivity index (χ3n) is 4.06. The van der Waals surface area contributed by atoms with E-state index in [9.17, 15) is 0 Å². The predicted molar refractivity (Wildman–Crippen MR) is 91.4 cm³/mol. The summed E-state index contributed by atoms with van der Waals surface area (Å²) in [4.78, 5) is 5.64. The van der Waals surface area contributed by atoms with Crippen molar-refractivity contribution in [1.82, 2.24) is 0 Å². The highest BCUT2D eigenvalue weighted by molar-refractivity contribution is 7.99. The Labute approximate surface area is 131 Å². The Balaban J connectivity index is 1.40. The number of rotatable bonds is 5. The van der Waals surface area contributed by atoms with E-state index in [-0.39, 0.29) is 0 Å². The van der Waals surface area contributed by atoms with Crippen molar-refractivity contribution in [3.63, 3.8) is 0 Å². The van der Waals surface area contributed by atoms with Crippen LogP contribution < -0.4 is 9.80 Å². The lowest BCUT2D eigenvalue weighted by Crippen LogP contribution is -3.15. The third-order valence-corrected chi connectivity index (χ3v) is 5.07. The predicted octanol–water partition coefficient (Wildman–Crippen LogP) is 2.18. The van der Waals surface area contributed by atoms with Crippen molar-refractivity contribution in [3.05, 3.63) is 60.7 Å². The monoisotopic (exact) mass is 299 g/mol. The first-order valence-corrected chi connectivity index (χ1v) is 8.72. The van der Waals surface area contributed by atoms with Gasteiger partial charge in [0.25, 0.3) is 0 Å². The maximum absolute atomic E-state index is 2.51. The fraction of sp³-hybridized carbons (Fsp3) is 0.333. The Hall–Kier alpha value is -1.45. The van der Waals surface area contributed by atoms with Gasteiger partial charge in [0.05, 0.1) is 32.7 Å². The number of benzene rings is 2. The average molecular weight is 299 g/mol. The Morgan fingerprint density at radius 2 is 1.48 bits per heavy atom. The molecule has 1 N–H and O–H groups in total. The number of nitrogens with zero attached hydrogens (tertiary/aromatic N) is 1. The molecule has 2 aromatic rings. The van der Waals surface area contributed by atoms with Crippen LogP contribution in [0.4, 0.5) is 5.69 Å². The minimum atomic E-state index is 1.18. The normalized spacial score (nSPS) is 16.1. The summed E-state index contributed by atoms with van der Waals surface area (Å²) in [6.45, 7) is 6.13. The lowest BCUT2D eigenvalue weighted by atomic mass is 10.2. The fourth-order valence-electron chi connectivity index (χ4n) is 2.80. The summed E-state index contributed by atoms with van der Waals surface area (Å²) >= 11 is 1.98. The minimum Gasteiger partial charge on any atom is -0.360 e. The van der Waals surface area contributed by atoms with Crippen LogP contribution in [0.2, 0.25) is 0 Å². The number of hydrogen-bond acceptors (Lipinski definition) is 2. The maximum Gasteiger partial charge on any atom is 0.0949 e. The molecule has 1 aliphatic heterocycles. The van der Waals surface area contributed by atoms with Crippen molar-refractivity contribution in [3.8, 4) is 0 Å². The Morgan fingerprint density at radius 3 is 2.14 bits per heavy atom. The molecule has 0 unspecified atom stereocenters. The summed E-state index contributed by atoms with van der Waals surface area (Å²) in [5.41, 5.74) is 1.37. The fourth-order valence-corrected chi connectivity index (χ4v) is 3.78. The van der Waals surface area contributed by atoms with Crippen LogP contribution >= 0.6 is 11.8 Å². The molecule has 1 fully saturated rings. The highest BCUT2D eigenvalue weighted by Crippen LogP contribution is 2.15. The smallest absolute Gasteiger partial charge is 0.0949 e. The van der Waals surface area contributed by atoms with E-state index in [1.165, 1.54) is 49.1 Å². The molecule has 110 valence electrons. The zero-order valence-electron chi connectivity index (χ0n) is 12.4. The number of quaternary nitrogens is 1. The molecule has 2 nitrogen and oxygen atoms in total. The van der Waals surface area contributed by atoms with Crippen molar-refractivity contribution in [2.75, 3.05) is 43.4 Å². The van der Waals surface area contributed by atoms with E-state index in [0.29, 0.717) is 0 Å². The molecular formula is C18H23N2S+. The topological polar surface area (TPSA) is 7.68 Å². The van der Waals surface area contributed by atoms with Gasteiger partial charge in [-0.05, 0) is 24.3 Å². The zero-order valence-corrected chi connectivity index (χ0v) is 13.2. The zero-order chi connectivity index (χ0) is 14.3. The molecule has 0 saturated carbocycles. The molecule has 3 rings (SSSR count). The first-order chi connectivity index (χ1) is 10.4.